The third-order valence-corrected chi connectivity index (χ3v) is 11.4. The standard InChI is InChI=1S/C26H42N7O18P3S/c1-4-14(34)9-17(36)55-8-7-28-16(35)5-6-29-24(39)21(38)26(2,3)11-48-54(45,46)51-53(43,44)47-10-15-20(50-52(40,41)42)19(37)25(49-15)33-13-32-18-22(27)30-12-31-23(18)33/h4,12-15,19-21,25,34,37-38H,1,5-11H2,2-3H3,(H,28,35)(H,29,39)(H,43,44)(H,45,46)(H2,27,30,31)(H2,40,41,42)/t14-,15-,19-,20-,21?,25-/m1/s1. The Morgan fingerprint density at radius 3 is 2.42 bits per heavy atom. The number of carbonyl (C=O) groups excluding carboxylic acids is 3. The van der Waals surface area contributed by atoms with E-state index >= 15 is 0 Å². The van der Waals surface area contributed by atoms with E-state index < -0.39 is 90.7 Å². The molecule has 1 saturated heterocycles. The maximum atomic E-state index is 12.7. The van der Waals surface area contributed by atoms with E-state index in [0.29, 0.717) is 0 Å². The maximum Gasteiger partial charge on any atom is 0.481 e. The van der Waals surface area contributed by atoms with Crippen molar-refractivity contribution in [2.24, 2.45) is 5.41 Å². The van der Waals surface area contributed by atoms with Crippen molar-refractivity contribution >= 4 is 69.1 Å². The molecule has 0 spiro atoms. The van der Waals surface area contributed by atoms with Crippen LogP contribution in [0.4, 0.5) is 5.82 Å². The normalized spacial score (nSPS) is 22.3. The minimum atomic E-state index is -5.58. The van der Waals surface area contributed by atoms with Crippen LogP contribution in [0.25, 0.3) is 11.2 Å². The first-order valence-electron chi connectivity index (χ1n) is 15.8. The van der Waals surface area contributed by atoms with Gasteiger partial charge in [0, 0.05) is 37.1 Å². The van der Waals surface area contributed by atoms with Gasteiger partial charge in [0.25, 0.3) is 0 Å². The second-order valence-electron chi connectivity index (χ2n) is 12.3. The molecule has 0 aliphatic carbocycles. The SMILES string of the molecule is C=C[C@@H](O)CC(=O)SCCNC(=O)CCNC(=O)C(O)C(C)(C)COP(=O)(O)OP(=O)(O)OC[C@H]1O[C@@H](n2cnc3c(N)ncnc32)[C@H](O)[C@@H]1OP(=O)(O)O. The molecule has 3 unspecified atom stereocenters. The van der Waals surface area contributed by atoms with Crippen LogP contribution in [-0.2, 0) is 50.7 Å². The summed E-state index contributed by atoms with van der Waals surface area (Å²) in [4.78, 5) is 87.0. The number of nitrogen functional groups attached to an aromatic ring is 1. The molecule has 55 heavy (non-hydrogen) atoms. The van der Waals surface area contributed by atoms with Crippen molar-refractivity contribution in [2.75, 3.05) is 37.8 Å². The number of hydrogen-bond donors (Lipinski definition) is 10. The number of rotatable bonds is 22. The number of aliphatic hydroxyl groups excluding tert-OH is 3. The van der Waals surface area contributed by atoms with Crippen LogP contribution in [0.1, 0.15) is 32.9 Å². The molecule has 1 fully saturated rings. The Hall–Kier alpha value is -2.74. The molecule has 0 saturated carbocycles. The van der Waals surface area contributed by atoms with Crippen molar-refractivity contribution in [1.29, 1.82) is 0 Å². The van der Waals surface area contributed by atoms with Crippen LogP contribution in [0.2, 0.25) is 0 Å². The number of nitrogens with two attached hydrogens (primary N) is 1. The Bertz CT molecular complexity index is 1830. The molecule has 29 heteroatoms. The number of hydrogen-bond acceptors (Lipinski definition) is 19. The Morgan fingerprint density at radius 1 is 1.09 bits per heavy atom. The summed E-state index contributed by atoms with van der Waals surface area (Å²) in [6, 6.07) is 0. The first-order valence-corrected chi connectivity index (χ1v) is 21.3. The smallest absolute Gasteiger partial charge is 0.389 e. The first-order chi connectivity index (χ1) is 25.4. The van der Waals surface area contributed by atoms with E-state index in [1.165, 1.54) is 19.9 Å². The first kappa shape index (κ1) is 46.6. The maximum absolute atomic E-state index is 12.7. The van der Waals surface area contributed by atoms with Crippen molar-refractivity contribution in [3.8, 4) is 0 Å². The summed E-state index contributed by atoms with van der Waals surface area (Å²) in [6.07, 6.45) is -6.88. The summed E-state index contributed by atoms with van der Waals surface area (Å²) in [5.41, 5.74) is 4.22. The zero-order valence-corrected chi connectivity index (χ0v) is 32.6. The highest BCUT2D eigenvalue weighted by atomic mass is 32.2. The van der Waals surface area contributed by atoms with Crippen LogP contribution < -0.4 is 16.4 Å². The number of nitrogens with zero attached hydrogens (tertiary/aromatic N) is 4. The number of phosphoric acid groups is 3. The van der Waals surface area contributed by atoms with E-state index in [0.717, 1.165) is 29.0 Å². The van der Waals surface area contributed by atoms with Crippen LogP contribution in [0.15, 0.2) is 25.3 Å². The third kappa shape index (κ3) is 14.3. The topological polar surface area (TPSA) is 384 Å². The van der Waals surface area contributed by atoms with Crippen LogP contribution in [0.5, 0.6) is 0 Å². The Balaban J connectivity index is 1.49. The van der Waals surface area contributed by atoms with Crippen molar-refractivity contribution in [3.05, 3.63) is 25.3 Å². The highest BCUT2D eigenvalue weighted by molar-refractivity contribution is 8.13. The fourth-order valence-corrected chi connectivity index (χ4v) is 8.16. The third-order valence-electron chi connectivity index (χ3n) is 7.41. The number of fused-ring (bicyclic) bond motifs is 1. The number of amides is 2. The molecule has 0 bridgehead atoms. The average molecular weight is 866 g/mol. The van der Waals surface area contributed by atoms with Crippen molar-refractivity contribution < 1.29 is 85.6 Å². The monoisotopic (exact) mass is 865 g/mol. The molecule has 310 valence electrons. The summed E-state index contributed by atoms with van der Waals surface area (Å²) in [5.74, 6) is -1.31. The molecule has 1 aliphatic rings. The number of nitrogens with one attached hydrogen (secondary N) is 2. The number of aliphatic hydroxyl groups is 3. The minimum Gasteiger partial charge on any atom is -0.389 e. The molecule has 11 N–H and O–H groups in total. The van der Waals surface area contributed by atoms with Crippen molar-refractivity contribution in [3.63, 3.8) is 0 Å². The summed E-state index contributed by atoms with van der Waals surface area (Å²) in [5, 5.41) is 35.3. The Morgan fingerprint density at radius 2 is 1.76 bits per heavy atom. The molecular weight excluding hydrogens is 823 g/mol. The lowest BCUT2D eigenvalue weighted by Crippen LogP contribution is -2.46. The number of phosphoric ester groups is 3. The van der Waals surface area contributed by atoms with Crippen molar-refractivity contribution in [1.82, 2.24) is 30.2 Å². The number of thioether (sulfide) groups is 1. The van der Waals surface area contributed by atoms with Gasteiger partial charge in [-0.25, -0.2) is 28.6 Å². The van der Waals surface area contributed by atoms with E-state index in [1.54, 1.807) is 0 Å². The summed E-state index contributed by atoms with van der Waals surface area (Å²) < 4.78 is 61.9. The molecule has 25 nitrogen and oxygen atoms in total. The fourth-order valence-electron chi connectivity index (χ4n) is 4.61. The molecule has 2 amide bonds. The highest BCUT2D eigenvalue weighted by Gasteiger charge is 2.50. The van der Waals surface area contributed by atoms with Gasteiger partial charge in [0.05, 0.1) is 25.6 Å². The molecule has 1 aliphatic heterocycles. The van der Waals surface area contributed by atoms with Gasteiger partial charge in [-0.3, -0.25) is 32.5 Å². The average Bonchev–Trinajstić information content (AvgIpc) is 3.64. The largest absolute Gasteiger partial charge is 0.481 e. The molecule has 3 rings (SSSR count). The van der Waals surface area contributed by atoms with Crippen LogP contribution >= 0.6 is 35.2 Å². The number of carbonyl (C=O) groups is 3. The minimum absolute atomic E-state index is 0.0242. The Kier molecular flexibility index (Phi) is 16.6. The lowest BCUT2D eigenvalue weighted by molar-refractivity contribution is -0.137. The van der Waals surface area contributed by atoms with Crippen LogP contribution in [0.3, 0.4) is 0 Å². The van der Waals surface area contributed by atoms with E-state index in [1.807, 2.05) is 0 Å². The lowest BCUT2D eigenvalue weighted by atomic mass is 9.87. The molecule has 2 aromatic heterocycles. The van der Waals surface area contributed by atoms with Crippen LogP contribution in [-0.4, -0.2) is 134 Å². The summed E-state index contributed by atoms with van der Waals surface area (Å²) in [7, 11) is -16.4. The molecular formula is C26H42N7O18P3S. The molecule has 8 atom stereocenters. The van der Waals surface area contributed by atoms with Gasteiger partial charge in [0.1, 0.15) is 36.3 Å². The summed E-state index contributed by atoms with van der Waals surface area (Å²) in [6.45, 7) is 3.68. The quantitative estimate of drug-likeness (QED) is 0.0370. The predicted octanol–water partition coefficient (Wildman–Crippen LogP) is -1.40. The Labute approximate surface area is 316 Å². The van der Waals surface area contributed by atoms with Gasteiger partial charge in [0.2, 0.25) is 11.8 Å². The zero-order valence-electron chi connectivity index (χ0n) is 29.1. The predicted molar refractivity (Wildman–Crippen MR) is 188 cm³/mol. The molecule has 0 radical (unpaired) electrons. The van der Waals surface area contributed by atoms with Gasteiger partial charge in [-0.1, -0.05) is 31.7 Å². The van der Waals surface area contributed by atoms with Gasteiger partial charge in [-0.2, -0.15) is 4.31 Å². The number of anilines is 1. The van der Waals surface area contributed by atoms with Gasteiger partial charge >= 0.3 is 23.5 Å². The summed E-state index contributed by atoms with van der Waals surface area (Å²) >= 11 is 0.906. The lowest BCUT2D eigenvalue weighted by Gasteiger charge is -2.30. The second-order valence-corrected chi connectivity index (χ2v) is 17.7. The fraction of sp³-hybridized carbons (Fsp3) is 0.615. The number of aromatic nitrogens is 4. The molecule has 0 aromatic carbocycles. The van der Waals surface area contributed by atoms with Gasteiger partial charge in [-0.15, -0.1) is 6.58 Å². The van der Waals surface area contributed by atoms with Crippen LogP contribution in [0, 0.1) is 5.41 Å². The van der Waals surface area contributed by atoms with E-state index in [2.05, 4.69) is 41.0 Å². The highest BCUT2D eigenvalue weighted by Crippen LogP contribution is 2.61. The molecule has 3 heterocycles. The van der Waals surface area contributed by atoms with Gasteiger partial charge in [0.15, 0.2) is 22.8 Å². The van der Waals surface area contributed by atoms with E-state index in [9.17, 15) is 63.0 Å². The number of imidazole rings is 1. The van der Waals surface area contributed by atoms with Gasteiger partial charge < -0.3 is 56.0 Å². The van der Waals surface area contributed by atoms with E-state index in [-0.39, 0.29) is 53.8 Å². The van der Waals surface area contributed by atoms with E-state index in [4.69, 9.17) is 19.5 Å². The number of ether oxygens (including phenoxy) is 1. The van der Waals surface area contributed by atoms with Crippen molar-refractivity contribution in [2.45, 2.75) is 63.4 Å². The zero-order chi connectivity index (χ0) is 41.4. The second kappa shape index (κ2) is 19.6. The van der Waals surface area contributed by atoms with Gasteiger partial charge in [-0.05, 0) is 0 Å². The molecule has 2 aromatic rings.